The number of ether oxygens (including phenoxy) is 1. The van der Waals surface area contributed by atoms with Crippen LogP contribution in [0.5, 0.6) is 0 Å². The number of esters is 1. The number of carbonyl (C=O) groups is 1. The molecule has 1 aromatic heterocycles. The summed E-state index contributed by atoms with van der Waals surface area (Å²) >= 11 is 0. The van der Waals surface area contributed by atoms with Crippen molar-refractivity contribution in [3.05, 3.63) is 62.4 Å². The Hall–Kier alpha value is -2.83. The van der Waals surface area contributed by atoms with Crippen LogP contribution in [0.1, 0.15) is 11.1 Å². The number of hydrogen-bond donors (Lipinski definition) is 2. The van der Waals surface area contributed by atoms with Crippen LogP contribution in [0.25, 0.3) is 0 Å². The number of methoxy groups -OCH3 is 1. The zero-order valence-electron chi connectivity index (χ0n) is 11.5. The van der Waals surface area contributed by atoms with Gasteiger partial charge in [-0.05, 0) is 11.1 Å². The molecule has 3 N–H and O–H groups in total. The Morgan fingerprint density at radius 1 is 1.29 bits per heavy atom. The van der Waals surface area contributed by atoms with Crippen LogP contribution in [0, 0.1) is 0 Å². The molecule has 7 nitrogen and oxygen atoms in total. The standard InChI is InChI=1S/C14H15N3O4/c1-21-12(18)6-9-4-2-3-5-10(9)7-17-8-11(15)13(19)16-14(17)20/h2-5,8H,6-7,15H2,1H3,(H,16,19,20). The summed E-state index contributed by atoms with van der Waals surface area (Å²) in [7, 11) is 1.32. The first-order valence-corrected chi connectivity index (χ1v) is 6.24. The molecule has 0 saturated carbocycles. The maximum Gasteiger partial charge on any atom is 0.328 e. The number of hydrogen-bond acceptors (Lipinski definition) is 5. The Morgan fingerprint density at radius 2 is 1.95 bits per heavy atom. The minimum absolute atomic E-state index is 0.0416. The van der Waals surface area contributed by atoms with Crippen LogP contribution in [0.15, 0.2) is 40.1 Å². The van der Waals surface area contributed by atoms with E-state index in [0.717, 1.165) is 11.1 Å². The van der Waals surface area contributed by atoms with E-state index in [1.165, 1.54) is 17.9 Å². The number of aromatic nitrogens is 2. The minimum Gasteiger partial charge on any atom is -0.469 e. The second kappa shape index (κ2) is 6.08. The van der Waals surface area contributed by atoms with Crippen LogP contribution in [-0.2, 0) is 22.5 Å². The molecule has 0 fully saturated rings. The third-order valence-corrected chi connectivity index (χ3v) is 3.06. The van der Waals surface area contributed by atoms with Gasteiger partial charge in [-0.15, -0.1) is 0 Å². The highest BCUT2D eigenvalue weighted by atomic mass is 16.5. The molecule has 0 amide bonds. The molecule has 0 atom stereocenters. The predicted octanol–water partition coefficient (Wildman–Crippen LogP) is -0.117. The topological polar surface area (TPSA) is 107 Å². The summed E-state index contributed by atoms with van der Waals surface area (Å²) in [6, 6.07) is 7.18. The van der Waals surface area contributed by atoms with Crippen LogP contribution in [0.4, 0.5) is 5.69 Å². The second-order valence-corrected chi connectivity index (χ2v) is 4.49. The lowest BCUT2D eigenvalue weighted by molar-refractivity contribution is -0.139. The zero-order valence-corrected chi connectivity index (χ0v) is 11.5. The molecule has 0 aliphatic carbocycles. The maximum atomic E-state index is 11.7. The van der Waals surface area contributed by atoms with Gasteiger partial charge in [0.25, 0.3) is 5.56 Å². The molecule has 0 spiro atoms. The molecule has 0 unspecified atom stereocenters. The van der Waals surface area contributed by atoms with E-state index in [1.807, 2.05) is 0 Å². The van der Waals surface area contributed by atoms with Crippen LogP contribution in [0.3, 0.4) is 0 Å². The molecule has 0 aliphatic heterocycles. The van der Waals surface area contributed by atoms with Gasteiger partial charge >= 0.3 is 11.7 Å². The summed E-state index contributed by atoms with van der Waals surface area (Å²) < 4.78 is 5.93. The molecule has 0 bridgehead atoms. The van der Waals surface area contributed by atoms with E-state index in [4.69, 9.17) is 5.73 Å². The summed E-state index contributed by atoms with van der Waals surface area (Å²) in [6.07, 6.45) is 1.40. The van der Waals surface area contributed by atoms with Gasteiger partial charge in [0.15, 0.2) is 0 Å². The van der Waals surface area contributed by atoms with Gasteiger partial charge in [-0.1, -0.05) is 24.3 Å². The van der Waals surface area contributed by atoms with Gasteiger partial charge < -0.3 is 10.5 Å². The summed E-state index contributed by atoms with van der Waals surface area (Å²) in [5.74, 6) is -0.365. The number of nitrogens with one attached hydrogen (secondary N) is 1. The van der Waals surface area contributed by atoms with E-state index < -0.39 is 11.2 Å². The molecular formula is C14H15N3O4. The third-order valence-electron chi connectivity index (χ3n) is 3.06. The highest BCUT2D eigenvalue weighted by molar-refractivity contribution is 5.72. The number of carbonyl (C=O) groups excluding carboxylic acids is 1. The van der Waals surface area contributed by atoms with E-state index in [0.29, 0.717) is 0 Å². The number of nitrogens with zero attached hydrogens (tertiary/aromatic N) is 1. The predicted molar refractivity (Wildman–Crippen MR) is 77.0 cm³/mol. The summed E-state index contributed by atoms with van der Waals surface area (Å²) in [5.41, 5.74) is 5.82. The van der Waals surface area contributed by atoms with Crippen LogP contribution in [-0.4, -0.2) is 22.6 Å². The van der Waals surface area contributed by atoms with Gasteiger partial charge in [0.2, 0.25) is 0 Å². The van der Waals surface area contributed by atoms with Gasteiger partial charge in [-0.2, -0.15) is 0 Å². The van der Waals surface area contributed by atoms with Crippen molar-refractivity contribution in [2.24, 2.45) is 0 Å². The Balaban J connectivity index is 2.36. The van der Waals surface area contributed by atoms with Crippen LogP contribution < -0.4 is 17.0 Å². The second-order valence-electron chi connectivity index (χ2n) is 4.49. The fourth-order valence-electron chi connectivity index (χ4n) is 1.94. The first kappa shape index (κ1) is 14.6. The normalized spacial score (nSPS) is 10.3. The fourth-order valence-corrected chi connectivity index (χ4v) is 1.94. The van der Waals surface area contributed by atoms with Gasteiger partial charge in [0, 0.05) is 6.20 Å². The summed E-state index contributed by atoms with van der Waals surface area (Å²) in [6.45, 7) is 0.201. The lowest BCUT2D eigenvalue weighted by Gasteiger charge is -2.10. The minimum atomic E-state index is -0.612. The maximum absolute atomic E-state index is 11.7. The van der Waals surface area contributed by atoms with E-state index in [2.05, 4.69) is 9.72 Å². The number of rotatable bonds is 4. The lowest BCUT2D eigenvalue weighted by atomic mass is 10.0. The van der Waals surface area contributed by atoms with Crippen molar-refractivity contribution < 1.29 is 9.53 Å². The molecular weight excluding hydrogens is 274 g/mol. The Kier molecular flexibility index (Phi) is 4.22. The SMILES string of the molecule is COC(=O)Cc1ccccc1Cn1cc(N)c(=O)[nH]c1=O. The van der Waals surface area contributed by atoms with E-state index >= 15 is 0 Å². The highest BCUT2D eigenvalue weighted by Crippen LogP contribution is 2.11. The highest BCUT2D eigenvalue weighted by Gasteiger charge is 2.09. The number of H-pyrrole nitrogens is 1. The number of benzene rings is 1. The summed E-state index contributed by atoms with van der Waals surface area (Å²) in [4.78, 5) is 36.5. The number of nitrogens with two attached hydrogens (primary N) is 1. The molecule has 0 saturated heterocycles. The molecule has 2 rings (SSSR count). The largest absolute Gasteiger partial charge is 0.469 e. The van der Waals surface area contributed by atoms with Crippen molar-refractivity contribution in [2.75, 3.05) is 12.8 Å². The van der Waals surface area contributed by atoms with Crippen molar-refractivity contribution >= 4 is 11.7 Å². The number of anilines is 1. The van der Waals surface area contributed by atoms with Crippen molar-refractivity contribution in [1.29, 1.82) is 0 Å². The molecule has 0 aliphatic rings. The monoisotopic (exact) mass is 289 g/mol. The van der Waals surface area contributed by atoms with Crippen molar-refractivity contribution in [3.63, 3.8) is 0 Å². The van der Waals surface area contributed by atoms with Gasteiger partial charge in [0.05, 0.1) is 20.1 Å². The molecule has 21 heavy (non-hydrogen) atoms. The first-order valence-electron chi connectivity index (χ1n) is 6.24. The van der Waals surface area contributed by atoms with Gasteiger partial charge in [-0.3, -0.25) is 19.1 Å². The molecule has 7 heteroatoms. The van der Waals surface area contributed by atoms with E-state index in [-0.39, 0.29) is 24.6 Å². The number of nitrogen functional groups attached to an aromatic ring is 1. The average Bonchev–Trinajstić information content (AvgIpc) is 2.46. The van der Waals surface area contributed by atoms with E-state index in [1.54, 1.807) is 24.3 Å². The fraction of sp³-hybridized carbons (Fsp3) is 0.214. The lowest BCUT2D eigenvalue weighted by Crippen LogP contribution is -2.31. The Bertz CT molecular complexity index is 776. The smallest absolute Gasteiger partial charge is 0.328 e. The molecule has 1 heterocycles. The zero-order chi connectivity index (χ0) is 15.4. The van der Waals surface area contributed by atoms with Crippen molar-refractivity contribution in [1.82, 2.24) is 9.55 Å². The van der Waals surface area contributed by atoms with Crippen LogP contribution >= 0.6 is 0 Å². The summed E-state index contributed by atoms with van der Waals surface area (Å²) in [5, 5.41) is 0. The van der Waals surface area contributed by atoms with Gasteiger partial charge in [0.1, 0.15) is 5.69 Å². The van der Waals surface area contributed by atoms with Crippen molar-refractivity contribution in [2.45, 2.75) is 13.0 Å². The first-order chi connectivity index (χ1) is 10.0. The van der Waals surface area contributed by atoms with Crippen LogP contribution in [0.2, 0.25) is 0 Å². The Labute approximate surface area is 120 Å². The molecule has 1 aromatic carbocycles. The third kappa shape index (κ3) is 3.38. The molecule has 0 radical (unpaired) electrons. The van der Waals surface area contributed by atoms with E-state index in [9.17, 15) is 14.4 Å². The van der Waals surface area contributed by atoms with Gasteiger partial charge in [-0.25, -0.2) is 4.79 Å². The van der Waals surface area contributed by atoms with Crippen molar-refractivity contribution in [3.8, 4) is 0 Å². The quantitative estimate of drug-likeness (QED) is 0.763. The average molecular weight is 289 g/mol. The Morgan fingerprint density at radius 3 is 2.62 bits per heavy atom. The molecule has 110 valence electrons. The molecule has 2 aromatic rings. The number of aromatic amines is 1.